The van der Waals surface area contributed by atoms with Crippen molar-refractivity contribution in [1.82, 2.24) is 4.90 Å². The highest BCUT2D eigenvalue weighted by atomic mass is 16.3. The lowest BCUT2D eigenvalue weighted by Crippen LogP contribution is -2.46. The molecule has 0 amide bonds. The number of rotatable bonds is 4. The molecular weight excluding hydrogens is 154 g/mol. The Morgan fingerprint density at radius 3 is 1.83 bits per heavy atom. The van der Waals surface area contributed by atoms with Gasteiger partial charge in [-0.05, 0) is 26.9 Å². The zero-order valence-corrected chi connectivity index (χ0v) is 8.53. The van der Waals surface area contributed by atoms with Gasteiger partial charge in [-0.2, -0.15) is 0 Å². The van der Waals surface area contributed by atoms with Crippen molar-refractivity contribution in [3.8, 4) is 0 Å². The van der Waals surface area contributed by atoms with Gasteiger partial charge in [0.05, 0.1) is 12.1 Å². The van der Waals surface area contributed by atoms with Crippen molar-refractivity contribution in [3.05, 3.63) is 0 Å². The number of hydrogen-bond acceptors (Lipinski definition) is 3. The van der Waals surface area contributed by atoms with E-state index < -0.39 is 6.10 Å². The molecule has 0 fully saturated rings. The fraction of sp³-hybridized carbons (Fsp3) is 0.889. The van der Waals surface area contributed by atoms with E-state index in [0.717, 1.165) is 0 Å². The topological polar surface area (TPSA) is 40.5 Å². The molecule has 0 spiro atoms. The van der Waals surface area contributed by atoms with Crippen LogP contribution in [0.2, 0.25) is 0 Å². The molecule has 2 unspecified atom stereocenters. The lowest BCUT2D eigenvalue weighted by Gasteiger charge is -2.28. The fourth-order valence-corrected chi connectivity index (χ4v) is 1.27. The molecular formula is C9H19NO2. The number of hydrogen-bond donors (Lipinski definition) is 1. The van der Waals surface area contributed by atoms with E-state index in [9.17, 15) is 9.90 Å². The molecule has 0 aliphatic rings. The highest BCUT2D eigenvalue weighted by Crippen LogP contribution is 2.10. The van der Waals surface area contributed by atoms with Gasteiger partial charge in [-0.1, -0.05) is 13.8 Å². The van der Waals surface area contributed by atoms with Crippen LogP contribution in [0.4, 0.5) is 0 Å². The summed E-state index contributed by atoms with van der Waals surface area (Å²) in [7, 11) is 3.61. The number of aliphatic hydroxyl groups is 1. The maximum atomic E-state index is 11.1. The quantitative estimate of drug-likeness (QED) is 0.674. The lowest BCUT2D eigenvalue weighted by atomic mass is 9.96. The van der Waals surface area contributed by atoms with Gasteiger partial charge in [0.25, 0.3) is 0 Å². The van der Waals surface area contributed by atoms with Crippen LogP contribution < -0.4 is 0 Å². The minimum absolute atomic E-state index is 0.0150. The van der Waals surface area contributed by atoms with Crippen molar-refractivity contribution in [1.29, 1.82) is 0 Å². The Bertz CT molecular complexity index is 155. The molecule has 0 aromatic heterocycles. The van der Waals surface area contributed by atoms with Crippen molar-refractivity contribution in [2.75, 3.05) is 14.1 Å². The number of ketones is 1. The average molecular weight is 173 g/mol. The fourth-order valence-electron chi connectivity index (χ4n) is 1.27. The second kappa shape index (κ2) is 4.58. The number of carbonyl (C=O) groups excluding carboxylic acids is 1. The molecule has 3 heteroatoms. The lowest BCUT2D eigenvalue weighted by molar-refractivity contribution is -0.126. The van der Waals surface area contributed by atoms with Crippen LogP contribution in [0, 0.1) is 5.92 Å². The van der Waals surface area contributed by atoms with Crippen LogP contribution in [0.3, 0.4) is 0 Å². The molecule has 0 aromatic carbocycles. The molecule has 0 rings (SSSR count). The summed E-state index contributed by atoms with van der Waals surface area (Å²) in [6.07, 6.45) is -0.572. The predicted molar refractivity (Wildman–Crippen MR) is 49.0 cm³/mol. The maximum absolute atomic E-state index is 11.1. The molecule has 0 aliphatic carbocycles. The summed E-state index contributed by atoms with van der Waals surface area (Å²) in [5.74, 6) is 0.127. The van der Waals surface area contributed by atoms with Crippen LogP contribution >= 0.6 is 0 Å². The van der Waals surface area contributed by atoms with Gasteiger partial charge >= 0.3 is 0 Å². The van der Waals surface area contributed by atoms with Crippen molar-refractivity contribution in [2.45, 2.75) is 32.9 Å². The van der Waals surface area contributed by atoms with E-state index in [4.69, 9.17) is 0 Å². The summed E-state index contributed by atoms with van der Waals surface area (Å²) in [5.41, 5.74) is 0. The van der Waals surface area contributed by atoms with Gasteiger partial charge in [-0.3, -0.25) is 9.69 Å². The smallest absolute Gasteiger partial charge is 0.149 e. The summed E-state index contributed by atoms with van der Waals surface area (Å²) >= 11 is 0. The van der Waals surface area contributed by atoms with Crippen LogP contribution in [0.25, 0.3) is 0 Å². The minimum atomic E-state index is -0.572. The molecule has 12 heavy (non-hydrogen) atoms. The maximum Gasteiger partial charge on any atom is 0.149 e. The van der Waals surface area contributed by atoms with Crippen molar-refractivity contribution in [2.24, 2.45) is 5.92 Å². The van der Waals surface area contributed by atoms with Crippen molar-refractivity contribution < 1.29 is 9.90 Å². The molecule has 0 bridgehead atoms. The van der Waals surface area contributed by atoms with Gasteiger partial charge in [-0.25, -0.2) is 0 Å². The number of Topliss-reactive ketones (excluding diaryl/α,β-unsaturated/α-hetero) is 1. The van der Waals surface area contributed by atoms with Crippen molar-refractivity contribution in [3.63, 3.8) is 0 Å². The largest absolute Gasteiger partial charge is 0.391 e. The molecule has 1 N–H and O–H groups in total. The van der Waals surface area contributed by atoms with Crippen LogP contribution in [0.5, 0.6) is 0 Å². The first-order chi connectivity index (χ1) is 5.37. The van der Waals surface area contributed by atoms with E-state index in [0.29, 0.717) is 0 Å². The number of aliphatic hydroxyl groups excluding tert-OH is 1. The second-order valence-electron chi connectivity index (χ2n) is 3.75. The van der Waals surface area contributed by atoms with Gasteiger partial charge in [-0.15, -0.1) is 0 Å². The monoisotopic (exact) mass is 173 g/mol. The third-order valence-electron chi connectivity index (χ3n) is 1.98. The summed E-state index contributed by atoms with van der Waals surface area (Å²) in [6, 6.07) is -0.370. The summed E-state index contributed by atoms with van der Waals surface area (Å²) in [4.78, 5) is 12.9. The van der Waals surface area contributed by atoms with E-state index in [1.54, 1.807) is 19.0 Å². The van der Waals surface area contributed by atoms with E-state index in [-0.39, 0.29) is 17.7 Å². The Morgan fingerprint density at radius 1 is 1.33 bits per heavy atom. The number of likely N-dealkylation sites (N-methyl/N-ethyl adjacent to an activating group) is 1. The van der Waals surface area contributed by atoms with Crippen LogP contribution in [-0.2, 0) is 4.79 Å². The normalized spacial score (nSPS) is 16.7. The van der Waals surface area contributed by atoms with Gasteiger partial charge in [0.15, 0.2) is 0 Å². The third-order valence-corrected chi connectivity index (χ3v) is 1.98. The molecule has 0 aromatic rings. The molecule has 0 saturated carbocycles. The first-order valence-electron chi connectivity index (χ1n) is 4.22. The molecule has 0 aliphatic heterocycles. The first kappa shape index (κ1) is 11.6. The predicted octanol–water partition coefficient (Wildman–Crippen LogP) is 0.522. The SMILES string of the molecule is CC(=O)C(C(O)C(C)C)N(C)C. The van der Waals surface area contributed by atoms with Gasteiger partial charge in [0.2, 0.25) is 0 Å². The molecule has 0 radical (unpaired) electrons. The second-order valence-corrected chi connectivity index (χ2v) is 3.75. The Kier molecular flexibility index (Phi) is 4.42. The number of nitrogens with zero attached hydrogens (tertiary/aromatic N) is 1. The molecule has 3 nitrogen and oxygen atoms in total. The van der Waals surface area contributed by atoms with E-state index in [1.807, 2.05) is 13.8 Å². The zero-order chi connectivity index (χ0) is 9.89. The Hall–Kier alpha value is -0.410. The van der Waals surface area contributed by atoms with Gasteiger partial charge < -0.3 is 5.11 Å². The van der Waals surface area contributed by atoms with Gasteiger partial charge in [0.1, 0.15) is 5.78 Å². The van der Waals surface area contributed by atoms with E-state index >= 15 is 0 Å². The van der Waals surface area contributed by atoms with Gasteiger partial charge in [0, 0.05) is 0 Å². The molecule has 0 heterocycles. The van der Waals surface area contributed by atoms with Crippen LogP contribution in [0.15, 0.2) is 0 Å². The Labute approximate surface area is 74.4 Å². The van der Waals surface area contributed by atoms with E-state index in [2.05, 4.69) is 0 Å². The van der Waals surface area contributed by atoms with Crippen LogP contribution in [-0.4, -0.2) is 42.0 Å². The Balaban J connectivity index is 4.40. The Morgan fingerprint density at radius 2 is 1.75 bits per heavy atom. The van der Waals surface area contributed by atoms with E-state index in [1.165, 1.54) is 6.92 Å². The molecule has 2 atom stereocenters. The number of carbonyl (C=O) groups is 1. The highest BCUT2D eigenvalue weighted by molar-refractivity contribution is 5.82. The van der Waals surface area contributed by atoms with Crippen LogP contribution in [0.1, 0.15) is 20.8 Å². The first-order valence-corrected chi connectivity index (χ1v) is 4.22. The molecule has 72 valence electrons. The van der Waals surface area contributed by atoms with Crippen molar-refractivity contribution >= 4 is 5.78 Å². The zero-order valence-electron chi connectivity index (χ0n) is 8.53. The summed E-state index contributed by atoms with van der Waals surface area (Å²) < 4.78 is 0. The highest BCUT2D eigenvalue weighted by Gasteiger charge is 2.27. The molecule has 0 saturated heterocycles. The summed E-state index contributed by atoms with van der Waals surface area (Å²) in [5, 5.41) is 9.66. The summed E-state index contributed by atoms with van der Waals surface area (Å²) in [6.45, 7) is 5.32. The standard InChI is InChI=1S/C9H19NO2/c1-6(2)9(12)8(7(3)11)10(4)5/h6,8-9,12H,1-5H3. The average Bonchev–Trinajstić information content (AvgIpc) is 1.85. The third kappa shape index (κ3) is 2.91. The minimum Gasteiger partial charge on any atom is -0.391 e.